The lowest BCUT2D eigenvalue weighted by atomic mass is 10.0. The van der Waals surface area contributed by atoms with Gasteiger partial charge in [0.15, 0.2) is 0 Å². The molecule has 0 amide bonds. The molecule has 27 heavy (non-hydrogen) atoms. The van der Waals surface area contributed by atoms with Crippen LogP contribution in [0.5, 0.6) is 11.5 Å². The Kier molecular flexibility index (Phi) is 5.97. The Morgan fingerprint density at radius 3 is 2.44 bits per heavy atom. The van der Waals surface area contributed by atoms with Crippen molar-refractivity contribution in [3.63, 3.8) is 0 Å². The highest BCUT2D eigenvalue weighted by molar-refractivity contribution is 6.02. The Hall–Kier alpha value is -3.01. The van der Waals surface area contributed by atoms with Gasteiger partial charge in [0.25, 0.3) is 0 Å². The summed E-state index contributed by atoms with van der Waals surface area (Å²) in [5, 5.41) is 14.3. The number of aryl methyl sites for hydroxylation is 1. The zero-order chi connectivity index (χ0) is 19.2. The number of hydrogen-bond donors (Lipinski definition) is 1. The average Bonchev–Trinajstić information content (AvgIpc) is 2.66. The number of ether oxygens (including phenoxy) is 2. The van der Waals surface area contributed by atoms with Crippen molar-refractivity contribution in [1.82, 2.24) is 0 Å². The average molecular weight is 363 g/mol. The van der Waals surface area contributed by atoms with E-state index in [4.69, 9.17) is 14.7 Å². The number of nitrogens with zero attached hydrogens (tertiary/aromatic N) is 1. The molecule has 0 aliphatic heterocycles. The van der Waals surface area contributed by atoms with E-state index in [1.807, 2.05) is 36.4 Å². The first-order valence-electron chi connectivity index (χ1n) is 9.15. The van der Waals surface area contributed by atoms with Gasteiger partial charge in [-0.2, -0.15) is 0 Å². The molecule has 3 aromatic carbocycles. The molecule has 140 valence electrons. The predicted octanol–water partition coefficient (Wildman–Crippen LogP) is 5.54. The van der Waals surface area contributed by atoms with Gasteiger partial charge in [-0.05, 0) is 46.9 Å². The van der Waals surface area contributed by atoms with Gasteiger partial charge < -0.3 is 14.7 Å². The summed E-state index contributed by atoms with van der Waals surface area (Å²) in [5.41, 5.74) is 3.12. The van der Waals surface area contributed by atoms with Crippen LogP contribution in [0.2, 0.25) is 0 Å². The molecule has 0 aliphatic rings. The number of benzene rings is 3. The van der Waals surface area contributed by atoms with Crippen LogP contribution in [0.1, 0.15) is 36.5 Å². The fourth-order valence-electron chi connectivity index (χ4n) is 3.14. The first-order chi connectivity index (χ1) is 13.1. The van der Waals surface area contributed by atoms with Gasteiger partial charge in [0, 0.05) is 5.56 Å². The monoisotopic (exact) mass is 363 g/mol. The summed E-state index contributed by atoms with van der Waals surface area (Å²) in [6.45, 7) is 7.21. The van der Waals surface area contributed by atoms with Gasteiger partial charge in [-0.25, -0.2) is 0 Å². The Morgan fingerprint density at radius 2 is 1.70 bits per heavy atom. The fourth-order valence-corrected chi connectivity index (χ4v) is 3.14. The first-order valence-corrected chi connectivity index (χ1v) is 9.15. The van der Waals surface area contributed by atoms with Crippen molar-refractivity contribution in [2.75, 3.05) is 13.2 Å². The molecule has 0 saturated carbocycles. The molecule has 0 aromatic heterocycles. The third-order valence-electron chi connectivity index (χ3n) is 4.51. The third kappa shape index (κ3) is 4.40. The second-order valence-electron chi connectivity index (χ2n) is 6.84. The summed E-state index contributed by atoms with van der Waals surface area (Å²) >= 11 is 0. The van der Waals surface area contributed by atoms with E-state index in [0.717, 1.165) is 22.1 Å². The number of fused-ring (bicyclic) bond motifs is 1. The van der Waals surface area contributed by atoms with Crippen LogP contribution in [0, 0.1) is 6.92 Å². The van der Waals surface area contributed by atoms with Crippen LogP contribution in [0.25, 0.3) is 10.8 Å². The van der Waals surface area contributed by atoms with Gasteiger partial charge in [-0.1, -0.05) is 61.5 Å². The van der Waals surface area contributed by atoms with Crippen molar-refractivity contribution < 1.29 is 14.7 Å². The molecule has 0 fully saturated rings. The molecular formula is C23H25NO3. The highest BCUT2D eigenvalue weighted by atomic mass is 16.5. The molecule has 0 spiro atoms. The first kappa shape index (κ1) is 18.8. The lowest BCUT2D eigenvalue weighted by Gasteiger charge is -2.16. The van der Waals surface area contributed by atoms with Crippen molar-refractivity contribution in [1.29, 1.82) is 0 Å². The quantitative estimate of drug-likeness (QED) is 0.260. The zero-order valence-electron chi connectivity index (χ0n) is 16.0. The molecule has 3 aromatic rings. The van der Waals surface area contributed by atoms with E-state index in [-0.39, 0.29) is 0 Å². The molecule has 0 bridgehead atoms. The number of oxime groups is 1. The van der Waals surface area contributed by atoms with Crippen molar-refractivity contribution in [3.8, 4) is 11.5 Å². The molecule has 0 unspecified atom stereocenters. The normalized spacial score (nSPS) is 11.4. The van der Waals surface area contributed by atoms with Crippen molar-refractivity contribution in [2.24, 2.45) is 5.16 Å². The van der Waals surface area contributed by atoms with E-state index in [9.17, 15) is 0 Å². The standard InChI is InChI=1S/C23H25NO3/c1-16(2)19-10-8-17(3)14-23(19)27-13-12-26-22-11-9-18-6-4-5-7-20(18)21(22)15-24-25/h4-11,14-16,25H,12-13H2,1-3H3. The molecule has 0 heterocycles. The highest BCUT2D eigenvalue weighted by Crippen LogP contribution is 2.28. The molecule has 4 heteroatoms. The van der Waals surface area contributed by atoms with Crippen LogP contribution in [0.3, 0.4) is 0 Å². The predicted molar refractivity (Wildman–Crippen MR) is 110 cm³/mol. The number of hydrogen-bond acceptors (Lipinski definition) is 4. The maximum atomic E-state index is 9.02. The number of rotatable bonds is 7. The Balaban J connectivity index is 1.71. The van der Waals surface area contributed by atoms with Gasteiger partial charge in [-0.3, -0.25) is 0 Å². The van der Waals surface area contributed by atoms with Gasteiger partial charge in [0.1, 0.15) is 24.7 Å². The van der Waals surface area contributed by atoms with E-state index < -0.39 is 0 Å². The molecular weight excluding hydrogens is 338 g/mol. The zero-order valence-corrected chi connectivity index (χ0v) is 16.0. The van der Waals surface area contributed by atoms with Crippen LogP contribution in [-0.4, -0.2) is 24.6 Å². The molecule has 0 radical (unpaired) electrons. The van der Waals surface area contributed by atoms with Gasteiger partial charge in [0.05, 0.1) is 6.21 Å². The maximum absolute atomic E-state index is 9.02. The minimum absolute atomic E-state index is 0.398. The lowest BCUT2D eigenvalue weighted by molar-refractivity contribution is 0.215. The molecule has 3 rings (SSSR count). The van der Waals surface area contributed by atoms with Gasteiger partial charge in [-0.15, -0.1) is 0 Å². The Labute approximate surface area is 160 Å². The fraction of sp³-hybridized carbons (Fsp3) is 0.261. The van der Waals surface area contributed by atoms with E-state index in [1.54, 1.807) is 0 Å². The molecule has 0 atom stereocenters. The largest absolute Gasteiger partial charge is 0.490 e. The topological polar surface area (TPSA) is 51.0 Å². The summed E-state index contributed by atoms with van der Waals surface area (Å²) in [5.74, 6) is 1.97. The second kappa shape index (κ2) is 8.58. The minimum atomic E-state index is 0.398. The smallest absolute Gasteiger partial charge is 0.129 e. The molecule has 0 aliphatic carbocycles. The summed E-state index contributed by atoms with van der Waals surface area (Å²) in [6, 6.07) is 18.1. The van der Waals surface area contributed by atoms with Gasteiger partial charge in [0.2, 0.25) is 0 Å². The summed E-state index contributed by atoms with van der Waals surface area (Å²) in [7, 11) is 0. The van der Waals surface area contributed by atoms with Crippen molar-refractivity contribution in [3.05, 3.63) is 71.3 Å². The van der Waals surface area contributed by atoms with Gasteiger partial charge >= 0.3 is 0 Å². The van der Waals surface area contributed by atoms with Crippen LogP contribution < -0.4 is 9.47 Å². The molecule has 4 nitrogen and oxygen atoms in total. The summed E-state index contributed by atoms with van der Waals surface area (Å²) < 4.78 is 11.9. The molecule has 1 N–H and O–H groups in total. The van der Waals surface area contributed by atoms with Crippen LogP contribution >= 0.6 is 0 Å². The summed E-state index contributed by atoms with van der Waals surface area (Å²) in [4.78, 5) is 0. The van der Waals surface area contributed by atoms with E-state index in [2.05, 4.69) is 44.1 Å². The SMILES string of the molecule is Cc1ccc(C(C)C)c(OCCOc2ccc3ccccc3c2C=NO)c1. The summed E-state index contributed by atoms with van der Waals surface area (Å²) in [6.07, 6.45) is 1.41. The molecule has 0 saturated heterocycles. The highest BCUT2D eigenvalue weighted by Gasteiger charge is 2.10. The van der Waals surface area contributed by atoms with E-state index in [0.29, 0.717) is 24.9 Å². The Bertz CT molecular complexity index is 948. The van der Waals surface area contributed by atoms with Crippen molar-refractivity contribution >= 4 is 17.0 Å². The van der Waals surface area contributed by atoms with Crippen LogP contribution in [0.4, 0.5) is 0 Å². The van der Waals surface area contributed by atoms with E-state index >= 15 is 0 Å². The van der Waals surface area contributed by atoms with Crippen LogP contribution in [-0.2, 0) is 0 Å². The van der Waals surface area contributed by atoms with E-state index in [1.165, 1.54) is 17.3 Å². The van der Waals surface area contributed by atoms with Crippen LogP contribution in [0.15, 0.2) is 59.8 Å². The third-order valence-corrected chi connectivity index (χ3v) is 4.51. The van der Waals surface area contributed by atoms with Crippen molar-refractivity contribution in [2.45, 2.75) is 26.7 Å². The maximum Gasteiger partial charge on any atom is 0.129 e. The lowest BCUT2D eigenvalue weighted by Crippen LogP contribution is -2.11. The minimum Gasteiger partial charge on any atom is -0.490 e. The second-order valence-corrected chi connectivity index (χ2v) is 6.84. The Morgan fingerprint density at radius 1 is 0.963 bits per heavy atom.